The minimum Gasteiger partial charge on any atom is -0.369 e. The van der Waals surface area contributed by atoms with E-state index in [2.05, 4.69) is 10.6 Å². The Morgan fingerprint density at radius 1 is 1.29 bits per heavy atom. The molecule has 0 aliphatic carbocycles. The molecule has 4 nitrogen and oxygen atoms in total. The molecule has 1 aromatic rings. The number of para-hydroxylation sites is 1. The molecule has 2 heterocycles. The quantitative estimate of drug-likeness (QED) is 0.828. The Labute approximate surface area is 124 Å². The number of carbonyl (C=O) groups excluding carboxylic acids is 1. The zero-order valence-electron chi connectivity index (χ0n) is 11.9. The van der Waals surface area contributed by atoms with Crippen LogP contribution in [0.15, 0.2) is 36.4 Å². The number of nitrogens with zero attached hydrogens (tertiary/aromatic N) is 1. The van der Waals surface area contributed by atoms with Crippen LogP contribution in [0.1, 0.15) is 12.8 Å². The number of piperidine rings is 1. The molecule has 3 rings (SSSR count). The minimum absolute atomic E-state index is 0.0353. The summed E-state index contributed by atoms with van der Waals surface area (Å²) in [7, 11) is 0. The highest BCUT2D eigenvalue weighted by atomic mass is 19.1. The first-order valence-corrected chi connectivity index (χ1v) is 7.44. The average Bonchev–Trinajstić information content (AvgIpc) is 3.03. The topological polar surface area (TPSA) is 44.4 Å². The number of rotatable bonds is 3. The Hall–Kier alpha value is -1.88. The second kappa shape index (κ2) is 6.26. The van der Waals surface area contributed by atoms with Crippen molar-refractivity contribution in [3.8, 4) is 0 Å². The number of anilines is 1. The van der Waals surface area contributed by atoms with Gasteiger partial charge >= 0.3 is 0 Å². The van der Waals surface area contributed by atoms with Crippen LogP contribution >= 0.6 is 0 Å². The number of hydrogen-bond acceptors (Lipinski definition) is 3. The van der Waals surface area contributed by atoms with Crippen molar-refractivity contribution < 1.29 is 9.18 Å². The van der Waals surface area contributed by atoms with Crippen molar-refractivity contribution in [1.29, 1.82) is 0 Å². The highest BCUT2D eigenvalue weighted by Gasteiger charge is 2.25. The number of halogens is 1. The lowest BCUT2D eigenvalue weighted by atomic mass is 10.0. The summed E-state index contributed by atoms with van der Waals surface area (Å²) in [5.74, 6) is -0.145. The Kier molecular flexibility index (Phi) is 4.20. The lowest BCUT2D eigenvalue weighted by molar-refractivity contribution is -0.122. The van der Waals surface area contributed by atoms with Crippen LogP contribution < -0.4 is 15.5 Å². The van der Waals surface area contributed by atoms with Crippen molar-refractivity contribution in [2.45, 2.75) is 24.9 Å². The van der Waals surface area contributed by atoms with Crippen molar-refractivity contribution >= 4 is 11.6 Å². The number of amides is 1. The Balaban J connectivity index is 1.52. The van der Waals surface area contributed by atoms with Gasteiger partial charge in [0.2, 0.25) is 5.91 Å². The van der Waals surface area contributed by atoms with Crippen molar-refractivity contribution in [3.63, 3.8) is 0 Å². The van der Waals surface area contributed by atoms with E-state index in [1.54, 1.807) is 6.07 Å². The van der Waals surface area contributed by atoms with Crippen LogP contribution in [-0.4, -0.2) is 37.6 Å². The van der Waals surface area contributed by atoms with Gasteiger partial charge < -0.3 is 10.2 Å². The van der Waals surface area contributed by atoms with E-state index in [9.17, 15) is 9.18 Å². The molecule has 112 valence electrons. The first kappa shape index (κ1) is 14.1. The highest BCUT2D eigenvalue weighted by molar-refractivity contribution is 5.84. The first-order chi connectivity index (χ1) is 10.2. The molecular weight excluding hydrogens is 269 g/mol. The molecule has 0 aromatic heterocycles. The van der Waals surface area contributed by atoms with E-state index in [0.29, 0.717) is 5.69 Å². The molecule has 2 aliphatic rings. The average molecular weight is 289 g/mol. The van der Waals surface area contributed by atoms with Crippen molar-refractivity contribution in [2.75, 3.05) is 24.5 Å². The van der Waals surface area contributed by atoms with Crippen molar-refractivity contribution in [2.24, 2.45) is 0 Å². The van der Waals surface area contributed by atoms with Crippen molar-refractivity contribution in [1.82, 2.24) is 10.6 Å². The molecule has 21 heavy (non-hydrogen) atoms. The predicted molar refractivity (Wildman–Crippen MR) is 80.7 cm³/mol. The summed E-state index contributed by atoms with van der Waals surface area (Å²) in [6.45, 7) is 2.28. The molecular formula is C16H20FN3O. The molecule has 0 bridgehead atoms. The highest BCUT2D eigenvalue weighted by Crippen LogP contribution is 2.22. The molecule has 0 saturated carbocycles. The summed E-state index contributed by atoms with van der Waals surface area (Å²) in [5.41, 5.74) is 0.655. The van der Waals surface area contributed by atoms with Crippen LogP contribution in [0.4, 0.5) is 10.1 Å². The zero-order valence-corrected chi connectivity index (χ0v) is 11.9. The van der Waals surface area contributed by atoms with Gasteiger partial charge in [0.1, 0.15) is 11.9 Å². The van der Waals surface area contributed by atoms with E-state index in [1.807, 2.05) is 29.2 Å². The third-order valence-electron chi connectivity index (χ3n) is 4.10. The van der Waals surface area contributed by atoms with E-state index in [0.717, 1.165) is 32.5 Å². The second-order valence-corrected chi connectivity index (χ2v) is 5.54. The normalized spacial score (nSPS) is 22.5. The number of benzene rings is 1. The van der Waals surface area contributed by atoms with Gasteiger partial charge in [-0.05, 0) is 25.0 Å². The maximum atomic E-state index is 13.8. The number of hydrogen-bond donors (Lipinski definition) is 2. The maximum absolute atomic E-state index is 13.8. The summed E-state index contributed by atoms with van der Waals surface area (Å²) in [6.07, 6.45) is 5.54. The standard InChI is InChI=1S/C16H20FN3O/c17-13-4-1-2-6-15(13)20-10-7-12(8-11-20)19-16(21)14-5-3-9-18-14/h1-6,12,14,18H,7-11H2,(H,19,21)/t14-/m1/s1. The van der Waals surface area contributed by atoms with Crippen LogP contribution in [0.25, 0.3) is 0 Å². The van der Waals surface area contributed by atoms with Gasteiger partial charge in [-0.1, -0.05) is 24.3 Å². The van der Waals surface area contributed by atoms with E-state index in [4.69, 9.17) is 0 Å². The molecule has 0 radical (unpaired) electrons. The van der Waals surface area contributed by atoms with E-state index in [-0.39, 0.29) is 23.8 Å². The molecule has 2 aliphatic heterocycles. The summed E-state index contributed by atoms with van der Waals surface area (Å²) < 4.78 is 13.8. The van der Waals surface area contributed by atoms with Crippen LogP contribution in [0.2, 0.25) is 0 Å². The fraction of sp³-hybridized carbons (Fsp3) is 0.438. The molecule has 1 fully saturated rings. The second-order valence-electron chi connectivity index (χ2n) is 5.54. The predicted octanol–water partition coefficient (Wildman–Crippen LogP) is 1.44. The molecule has 0 unspecified atom stereocenters. The van der Waals surface area contributed by atoms with E-state index in [1.165, 1.54) is 6.07 Å². The van der Waals surface area contributed by atoms with Crippen LogP contribution in [-0.2, 0) is 4.79 Å². The Bertz CT molecular complexity index is 538. The van der Waals surface area contributed by atoms with Gasteiger partial charge in [0.15, 0.2) is 0 Å². The lowest BCUT2D eigenvalue weighted by Gasteiger charge is -2.34. The molecule has 1 atom stereocenters. The summed E-state index contributed by atoms with van der Waals surface area (Å²) in [5, 5.41) is 6.18. The monoisotopic (exact) mass is 289 g/mol. The first-order valence-electron chi connectivity index (χ1n) is 7.44. The lowest BCUT2D eigenvalue weighted by Crippen LogP contribution is -2.49. The molecule has 2 N–H and O–H groups in total. The largest absolute Gasteiger partial charge is 0.369 e. The smallest absolute Gasteiger partial charge is 0.241 e. The van der Waals surface area contributed by atoms with Gasteiger partial charge in [-0.25, -0.2) is 4.39 Å². The summed E-state index contributed by atoms with van der Waals surface area (Å²) in [4.78, 5) is 14.1. The fourth-order valence-electron chi connectivity index (χ4n) is 2.91. The van der Waals surface area contributed by atoms with Crippen LogP contribution in [0.3, 0.4) is 0 Å². The Morgan fingerprint density at radius 3 is 2.71 bits per heavy atom. The fourth-order valence-corrected chi connectivity index (χ4v) is 2.91. The maximum Gasteiger partial charge on any atom is 0.241 e. The molecule has 0 spiro atoms. The molecule has 1 aromatic carbocycles. The third-order valence-corrected chi connectivity index (χ3v) is 4.10. The van der Waals surface area contributed by atoms with Gasteiger partial charge in [0, 0.05) is 25.7 Å². The minimum atomic E-state index is -0.199. The van der Waals surface area contributed by atoms with Gasteiger partial charge in [0.05, 0.1) is 5.69 Å². The van der Waals surface area contributed by atoms with Gasteiger partial charge in [-0.15, -0.1) is 0 Å². The van der Waals surface area contributed by atoms with Gasteiger partial charge in [-0.3, -0.25) is 10.1 Å². The third kappa shape index (κ3) is 3.24. The summed E-state index contributed by atoms with van der Waals surface area (Å²) in [6, 6.07) is 6.83. The number of nitrogens with one attached hydrogen (secondary N) is 2. The SMILES string of the molecule is O=C(NC1CCN(c2ccccc2F)CC1)[C@H]1C=CCN1. The molecule has 5 heteroatoms. The summed E-state index contributed by atoms with van der Waals surface area (Å²) >= 11 is 0. The number of carbonyl (C=O) groups is 1. The molecule has 1 saturated heterocycles. The zero-order chi connectivity index (χ0) is 14.7. The van der Waals surface area contributed by atoms with E-state index >= 15 is 0 Å². The van der Waals surface area contributed by atoms with Crippen LogP contribution in [0, 0.1) is 5.82 Å². The van der Waals surface area contributed by atoms with Gasteiger partial charge in [-0.2, -0.15) is 0 Å². The van der Waals surface area contributed by atoms with E-state index < -0.39 is 0 Å². The molecule has 1 amide bonds. The van der Waals surface area contributed by atoms with Crippen molar-refractivity contribution in [3.05, 3.63) is 42.2 Å². The Morgan fingerprint density at radius 2 is 2.05 bits per heavy atom. The van der Waals surface area contributed by atoms with Crippen LogP contribution in [0.5, 0.6) is 0 Å². The van der Waals surface area contributed by atoms with Gasteiger partial charge in [0.25, 0.3) is 0 Å².